The Morgan fingerprint density at radius 2 is 1.81 bits per heavy atom. The Morgan fingerprint density at radius 1 is 1.19 bits per heavy atom. The van der Waals surface area contributed by atoms with Crippen LogP contribution in [0.5, 0.6) is 11.5 Å². The maximum atomic E-state index is 5.60. The molecule has 4 heteroatoms. The third kappa shape index (κ3) is 5.00. The quantitative estimate of drug-likeness (QED) is 0.753. The van der Waals surface area contributed by atoms with E-state index in [4.69, 9.17) is 20.9 Å². The summed E-state index contributed by atoms with van der Waals surface area (Å²) in [6.07, 6.45) is 0. The van der Waals surface area contributed by atoms with Crippen LogP contribution in [0.2, 0.25) is 0 Å². The Labute approximate surface area is 96.5 Å². The summed E-state index contributed by atoms with van der Waals surface area (Å²) < 4.78 is 10.9. The van der Waals surface area contributed by atoms with Crippen molar-refractivity contribution in [2.45, 2.75) is 25.9 Å². The Bertz CT molecular complexity index is 286. The van der Waals surface area contributed by atoms with Gasteiger partial charge in [-0.25, -0.2) is 0 Å². The number of nitrogens with two attached hydrogens (primary N) is 2. The van der Waals surface area contributed by atoms with Crippen molar-refractivity contribution >= 4 is 0 Å². The van der Waals surface area contributed by atoms with Gasteiger partial charge in [0, 0.05) is 24.2 Å². The van der Waals surface area contributed by atoms with Crippen molar-refractivity contribution in [2.75, 3.05) is 13.2 Å². The Morgan fingerprint density at radius 3 is 2.44 bits per heavy atom. The summed E-state index contributed by atoms with van der Waals surface area (Å²) in [6, 6.07) is 8.34. The minimum absolute atomic E-state index is 0.00189. The predicted molar refractivity (Wildman–Crippen MR) is 63.6 cm³/mol. The van der Waals surface area contributed by atoms with Crippen molar-refractivity contribution in [1.29, 1.82) is 0 Å². The van der Waals surface area contributed by atoms with E-state index >= 15 is 0 Å². The molecule has 1 rings (SSSR count). The molecule has 0 aliphatic carbocycles. The van der Waals surface area contributed by atoms with Gasteiger partial charge in [-0.2, -0.15) is 0 Å². The van der Waals surface area contributed by atoms with Gasteiger partial charge in [0.15, 0.2) is 0 Å². The summed E-state index contributed by atoms with van der Waals surface area (Å²) in [5, 5.41) is 0. The molecule has 0 aliphatic rings. The molecule has 4 nitrogen and oxygen atoms in total. The lowest BCUT2D eigenvalue weighted by Crippen LogP contribution is -2.24. The fourth-order valence-corrected chi connectivity index (χ4v) is 1.05. The van der Waals surface area contributed by atoms with Crippen LogP contribution >= 0.6 is 0 Å². The molecule has 0 saturated carbocycles. The van der Waals surface area contributed by atoms with Crippen molar-refractivity contribution in [1.82, 2.24) is 0 Å². The van der Waals surface area contributed by atoms with Gasteiger partial charge in [-0.3, -0.25) is 0 Å². The summed E-state index contributed by atoms with van der Waals surface area (Å²) in [5.41, 5.74) is 11.2. The summed E-state index contributed by atoms with van der Waals surface area (Å²) >= 11 is 0. The minimum Gasteiger partial charge on any atom is -0.492 e. The first-order valence-electron chi connectivity index (χ1n) is 5.36. The van der Waals surface area contributed by atoms with Gasteiger partial charge >= 0.3 is 0 Å². The first-order chi connectivity index (χ1) is 7.58. The van der Waals surface area contributed by atoms with Crippen LogP contribution in [0, 0.1) is 6.07 Å². The molecule has 2 atom stereocenters. The molecular weight excluding hydrogens is 204 g/mol. The third-order valence-electron chi connectivity index (χ3n) is 1.76. The van der Waals surface area contributed by atoms with E-state index in [2.05, 4.69) is 6.07 Å². The lowest BCUT2D eigenvalue weighted by molar-refractivity contribution is 0.281. The zero-order valence-corrected chi connectivity index (χ0v) is 9.77. The smallest absolute Gasteiger partial charge is 0.131 e. The highest BCUT2D eigenvalue weighted by Gasteiger charge is 2.01. The van der Waals surface area contributed by atoms with Crippen LogP contribution in [0.25, 0.3) is 0 Å². The average molecular weight is 223 g/mol. The van der Waals surface area contributed by atoms with Crippen molar-refractivity contribution in [3.63, 3.8) is 0 Å². The lowest BCUT2D eigenvalue weighted by atomic mass is 10.3. The second kappa shape index (κ2) is 6.35. The molecule has 0 spiro atoms. The Balaban J connectivity index is 2.50. The fraction of sp³-hybridized carbons (Fsp3) is 0.500. The molecule has 1 aromatic rings. The first-order valence-corrected chi connectivity index (χ1v) is 5.36. The van der Waals surface area contributed by atoms with Crippen LogP contribution in [0.1, 0.15) is 13.8 Å². The van der Waals surface area contributed by atoms with Gasteiger partial charge in [0.1, 0.15) is 24.7 Å². The fourth-order valence-electron chi connectivity index (χ4n) is 1.05. The standard InChI is InChI=1S/C12H19N2O2/c1-9(13)7-15-11-4-3-5-12(6-11)16-8-10(2)14/h3-4,6,9-10H,7-8,13-14H2,1-2H3. The van der Waals surface area contributed by atoms with Gasteiger partial charge < -0.3 is 20.9 Å². The van der Waals surface area contributed by atoms with Crippen LogP contribution < -0.4 is 20.9 Å². The van der Waals surface area contributed by atoms with Crippen LogP contribution in [-0.4, -0.2) is 25.3 Å². The molecule has 16 heavy (non-hydrogen) atoms. The molecule has 0 bridgehead atoms. The molecule has 0 saturated heterocycles. The summed E-state index contributed by atoms with van der Waals surface area (Å²) in [5.74, 6) is 1.37. The van der Waals surface area contributed by atoms with E-state index in [1.165, 1.54) is 0 Å². The third-order valence-corrected chi connectivity index (χ3v) is 1.76. The van der Waals surface area contributed by atoms with Crippen LogP contribution in [0.15, 0.2) is 18.2 Å². The average Bonchev–Trinajstić information content (AvgIpc) is 2.24. The number of ether oxygens (including phenoxy) is 2. The second-order valence-electron chi connectivity index (χ2n) is 3.97. The molecule has 0 heterocycles. The lowest BCUT2D eigenvalue weighted by Gasteiger charge is -2.11. The number of hydrogen-bond donors (Lipinski definition) is 2. The topological polar surface area (TPSA) is 70.5 Å². The molecule has 0 aromatic heterocycles. The van der Waals surface area contributed by atoms with E-state index in [9.17, 15) is 0 Å². The minimum atomic E-state index is 0.00189. The normalized spacial score (nSPS) is 14.2. The summed E-state index contributed by atoms with van der Waals surface area (Å²) in [4.78, 5) is 0. The van der Waals surface area contributed by atoms with E-state index in [1.807, 2.05) is 19.9 Å². The number of benzene rings is 1. The van der Waals surface area contributed by atoms with Crippen molar-refractivity contribution in [3.8, 4) is 11.5 Å². The highest BCUT2D eigenvalue weighted by molar-refractivity contribution is 5.31. The Hall–Kier alpha value is -1.26. The first kappa shape index (κ1) is 12.8. The SMILES string of the molecule is CC(N)COc1[c]ccc(OCC(C)N)c1. The van der Waals surface area contributed by atoms with Crippen LogP contribution in [0.3, 0.4) is 0 Å². The van der Waals surface area contributed by atoms with E-state index in [0.29, 0.717) is 19.0 Å². The monoisotopic (exact) mass is 223 g/mol. The Kier molecular flexibility index (Phi) is 5.08. The molecule has 1 aromatic carbocycles. The van der Waals surface area contributed by atoms with E-state index in [-0.39, 0.29) is 12.1 Å². The van der Waals surface area contributed by atoms with Gasteiger partial charge in [0.05, 0.1) is 0 Å². The van der Waals surface area contributed by atoms with Gasteiger partial charge in [0.2, 0.25) is 0 Å². The van der Waals surface area contributed by atoms with Crippen LogP contribution in [0.4, 0.5) is 0 Å². The van der Waals surface area contributed by atoms with Crippen molar-refractivity contribution < 1.29 is 9.47 Å². The van der Waals surface area contributed by atoms with Crippen molar-refractivity contribution in [3.05, 3.63) is 24.3 Å². The predicted octanol–water partition coefficient (Wildman–Crippen LogP) is 0.939. The number of hydrogen-bond acceptors (Lipinski definition) is 4. The van der Waals surface area contributed by atoms with Gasteiger partial charge in [-0.1, -0.05) is 0 Å². The highest BCUT2D eigenvalue weighted by Crippen LogP contribution is 2.18. The van der Waals surface area contributed by atoms with E-state index in [0.717, 1.165) is 5.75 Å². The largest absolute Gasteiger partial charge is 0.492 e. The molecule has 0 fully saturated rings. The van der Waals surface area contributed by atoms with E-state index < -0.39 is 0 Å². The molecule has 4 N–H and O–H groups in total. The second-order valence-corrected chi connectivity index (χ2v) is 3.97. The molecule has 0 amide bonds. The molecular formula is C12H19N2O2. The van der Waals surface area contributed by atoms with Crippen molar-refractivity contribution in [2.24, 2.45) is 11.5 Å². The molecule has 89 valence electrons. The van der Waals surface area contributed by atoms with Crippen LogP contribution in [-0.2, 0) is 0 Å². The molecule has 0 aliphatic heterocycles. The highest BCUT2D eigenvalue weighted by atomic mass is 16.5. The maximum Gasteiger partial charge on any atom is 0.131 e. The van der Waals surface area contributed by atoms with Gasteiger partial charge in [-0.15, -0.1) is 0 Å². The summed E-state index contributed by atoms with van der Waals surface area (Å²) in [6.45, 7) is 4.73. The van der Waals surface area contributed by atoms with Gasteiger partial charge in [-0.05, 0) is 26.0 Å². The maximum absolute atomic E-state index is 5.60. The summed E-state index contributed by atoms with van der Waals surface area (Å²) in [7, 11) is 0. The zero-order chi connectivity index (χ0) is 12.0. The zero-order valence-electron chi connectivity index (χ0n) is 9.77. The number of rotatable bonds is 6. The van der Waals surface area contributed by atoms with Gasteiger partial charge in [0.25, 0.3) is 0 Å². The van der Waals surface area contributed by atoms with E-state index in [1.54, 1.807) is 12.1 Å². The molecule has 1 radical (unpaired) electrons. The molecule has 2 unspecified atom stereocenters.